The van der Waals surface area contributed by atoms with Crippen molar-refractivity contribution >= 4 is 11.6 Å². The molecule has 0 saturated carbocycles. The molecule has 0 aliphatic carbocycles. The minimum absolute atomic E-state index is 0.171. The van der Waals surface area contributed by atoms with E-state index in [9.17, 15) is 4.79 Å². The first-order valence-corrected chi connectivity index (χ1v) is 8.60. The van der Waals surface area contributed by atoms with Crippen LogP contribution in [-0.2, 0) is 11.2 Å². The van der Waals surface area contributed by atoms with E-state index < -0.39 is 6.04 Å². The fourth-order valence-electron chi connectivity index (χ4n) is 3.01. The topological polar surface area (TPSA) is 90.5 Å². The maximum absolute atomic E-state index is 13.0. The second-order valence-corrected chi connectivity index (χ2v) is 6.57. The van der Waals surface area contributed by atoms with Gasteiger partial charge in [0.25, 0.3) is 0 Å². The lowest BCUT2D eigenvalue weighted by Gasteiger charge is -2.17. The number of nitrogens with zero attached hydrogens (tertiary/aromatic N) is 6. The van der Waals surface area contributed by atoms with E-state index in [1.165, 1.54) is 11.0 Å². The average Bonchev–Trinajstić information content (AvgIpc) is 3.24. The lowest BCUT2D eigenvalue weighted by Crippen LogP contribution is -2.28. The van der Waals surface area contributed by atoms with Crippen molar-refractivity contribution in [1.82, 2.24) is 30.0 Å². The molecule has 3 aromatic rings. The Kier molecular flexibility index (Phi) is 5.11. The highest BCUT2D eigenvalue weighted by Gasteiger charge is 2.25. The molecule has 0 unspecified atom stereocenters. The normalized spacial score (nSPS) is 12.3. The van der Waals surface area contributed by atoms with Crippen molar-refractivity contribution in [2.75, 3.05) is 5.32 Å². The van der Waals surface area contributed by atoms with Gasteiger partial charge in [0.2, 0.25) is 5.91 Å². The highest BCUT2D eigenvalue weighted by Crippen LogP contribution is 2.24. The molecule has 26 heavy (non-hydrogen) atoms. The van der Waals surface area contributed by atoms with Gasteiger partial charge in [0.05, 0.1) is 17.1 Å². The van der Waals surface area contributed by atoms with Crippen LogP contribution in [0, 0.1) is 13.8 Å². The maximum atomic E-state index is 13.0. The third-order valence-corrected chi connectivity index (χ3v) is 4.32. The van der Waals surface area contributed by atoms with Crippen molar-refractivity contribution < 1.29 is 4.79 Å². The summed E-state index contributed by atoms with van der Waals surface area (Å²) in [5.41, 5.74) is 3.50. The van der Waals surface area contributed by atoms with Crippen molar-refractivity contribution in [3.05, 3.63) is 53.6 Å². The summed E-state index contributed by atoms with van der Waals surface area (Å²) in [6.45, 7) is 7.97. The van der Waals surface area contributed by atoms with Crippen LogP contribution in [0.15, 0.2) is 36.7 Å². The van der Waals surface area contributed by atoms with Crippen LogP contribution in [0.4, 0.5) is 5.69 Å². The number of amides is 1. The maximum Gasteiger partial charge on any atom is 0.249 e. The van der Waals surface area contributed by atoms with Crippen LogP contribution < -0.4 is 5.32 Å². The number of anilines is 1. The number of aromatic nitrogens is 6. The standard InChI is InChI=1S/C18H23N7O/c1-12(2)25-14(4)17(13(3)21-25)20-18(26)16(24-11-19-22-23-24)10-15-8-6-5-7-9-15/h5-9,11-12,16H,10H2,1-4H3,(H,20,26)/t16-/m0/s1. The zero-order valence-electron chi connectivity index (χ0n) is 15.4. The average molecular weight is 353 g/mol. The first kappa shape index (κ1) is 17.8. The van der Waals surface area contributed by atoms with Gasteiger partial charge in [-0.3, -0.25) is 9.48 Å². The SMILES string of the molecule is Cc1nn(C(C)C)c(C)c1NC(=O)[C@H](Cc1ccccc1)n1cnnn1. The van der Waals surface area contributed by atoms with Gasteiger partial charge in [-0.25, -0.2) is 4.68 Å². The number of nitrogens with one attached hydrogen (secondary N) is 1. The summed E-state index contributed by atoms with van der Waals surface area (Å²) < 4.78 is 3.40. The molecule has 0 fully saturated rings. The van der Waals surface area contributed by atoms with Crippen LogP contribution in [0.2, 0.25) is 0 Å². The van der Waals surface area contributed by atoms with Gasteiger partial charge in [-0.05, 0) is 43.7 Å². The van der Waals surface area contributed by atoms with Gasteiger partial charge < -0.3 is 5.32 Å². The van der Waals surface area contributed by atoms with Crippen LogP contribution in [0.5, 0.6) is 0 Å². The number of rotatable bonds is 6. The van der Waals surface area contributed by atoms with E-state index >= 15 is 0 Å². The molecule has 0 saturated heterocycles. The minimum Gasteiger partial charge on any atom is -0.321 e. The molecule has 2 heterocycles. The Bertz CT molecular complexity index is 869. The Morgan fingerprint density at radius 1 is 1.19 bits per heavy atom. The van der Waals surface area contributed by atoms with Gasteiger partial charge in [-0.15, -0.1) is 5.10 Å². The Morgan fingerprint density at radius 2 is 1.92 bits per heavy atom. The summed E-state index contributed by atoms with van der Waals surface area (Å²) in [5.74, 6) is -0.171. The smallest absolute Gasteiger partial charge is 0.249 e. The number of aryl methyl sites for hydroxylation is 1. The van der Waals surface area contributed by atoms with E-state index in [2.05, 4.69) is 39.8 Å². The molecular formula is C18H23N7O. The Morgan fingerprint density at radius 3 is 2.50 bits per heavy atom. The van der Waals surface area contributed by atoms with Gasteiger partial charge in [0, 0.05) is 12.5 Å². The van der Waals surface area contributed by atoms with Crippen LogP contribution in [-0.4, -0.2) is 35.9 Å². The number of carbonyl (C=O) groups excluding carboxylic acids is 1. The Hall–Kier alpha value is -3.03. The highest BCUT2D eigenvalue weighted by atomic mass is 16.2. The first-order valence-electron chi connectivity index (χ1n) is 8.60. The molecular weight excluding hydrogens is 330 g/mol. The Balaban J connectivity index is 1.87. The lowest BCUT2D eigenvalue weighted by atomic mass is 10.1. The van der Waals surface area contributed by atoms with Crippen molar-refractivity contribution in [1.29, 1.82) is 0 Å². The number of hydrogen-bond acceptors (Lipinski definition) is 5. The molecule has 1 N–H and O–H groups in total. The van der Waals surface area contributed by atoms with Crippen LogP contribution in [0.1, 0.15) is 42.9 Å². The zero-order valence-corrected chi connectivity index (χ0v) is 15.4. The second kappa shape index (κ2) is 7.47. The molecule has 0 radical (unpaired) electrons. The summed E-state index contributed by atoms with van der Waals surface area (Å²) in [4.78, 5) is 13.0. The summed E-state index contributed by atoms with van der Waals surface area (Å²) in [7, 11) is 0. The summed E-state index contributed by atoms with van der Waals surface area (Å²) in [5, 5.41) is 18.8. The predicted molar refractivity (Wildman–Crippen MR) is 97.7 cm³/mol. The summed E-state index contributed by atoms with van der Waals surface area (Å²) >= 11 is 0. The minimum atomic E-state index is -0.548. The number of hydrogen-bond donors (Lipinski definition) is 1. The molecule has 1 amide bonds. The van der Waals surface area contributed by atoms with Gasteiger partial charge in [-0.2, -0.15) is 5.10 Å². The van der Waals surface area contributed by atoms with E-state index in [-0.39, 0.29) is 11.9 Å². The zero-order chi connectivity index (χ0) is 18.7. The van der Waals surface area contributed by atoms with Crippen LogP contribution >= 0.6 is 0 Å². The Labute approximate surface area is 152 Å². The highest BCUT2D eigenvalue weighted by molar-refractivity contribution is 5.94. The molecule has 8 nitrogen and oxygen atoms in total. The third-order valence-electron chi connectivity index (χ3n) is 4.32. The quantitative estimate of drug-likeness (QED) is 0.735. The van der Waals surface area contributed by atoms with Crippen LogP contribution in [0.25, 0.3) is 0 Å². The number of tetrazole rings is 1. The van der Waals surface area contributed by atoms with E-state index in [1.807, 2.05) is 48.9 Å². The lowest BCUT2D eigenvalue weighted by molar-refractivity contribution is -0.119. The molecule has 8 heteroatoms. The van der Waals surface area contributed by atoms with Gasteiger partial charge in [0.15, 0.2) is 0 Å². The van der Waals surface area contributed by atoms with Crippen molar-refractivity contribution in [3.63, 3.8) is 0 Å². The summed E-state index contributed by atoms with van der Waals surface area (Å²) in [6.07, 6.45) is 1.96. The molecule has 0 aliphatic rings. The number of carbonyl (C=O) groups is 1. The van der Waals surface area contributed by atoms with E-state index in [0.717, 1.165) is 22.6 Å². The second-order valence-electron chi connectivity index (χ2n) is 6.57. The van der Waals surface area contributed by atoms with Crippen molar-refractivity contribution in [2.45, 2.75) is 46.2 Å². The molecule has 2 aromatic heterocycles. The molecule has 0 aliphatic heterocycles. The third kappa shape index (κ3) is 3.63. The molecule has 3 rings (SSSR count). The van der Waals surface area contributed by atoms with Crippen molar-refractivity contribution in [3.8, 4) is 0 Å². The largest absolute Gasteiger partial charge is 0.321 e. The molecule has 1 aromatic carbocycles. The van der Waals surface area contributed by atoms with E-state index in [1.54, 1.807) is 0 Å². The van der Waals surface area contributed by atoms with Crippen molar-refractivity contribution in [2.24, 2.45) is 0 Å². The molecule has 0 spiro atoms. The predicted octanol–water partition coefficient (Wildman–Crippen LogP) is 2.49. The van der Waals surface area contributed by atoms with E-state index in [0.29, 0.717) is 6.42 Å². The van der Waals surface area contributed by atoms with Gasteiger partial charge in [0.1, 0.15) is 12.4 Å². The molecule has 0 bridgehead atoms. The van der Waals surface area contributed by atoms with Gasteiger partial charge >= 0.3 is 0 Å². The molecule has 1 atom stereocenters. The fourth-order valence-corrected chi connectivity index (χ4v) is 3.01. The van der Waals surface area contributed by atoms with Gasteiger partial charge in [-0.1, -0.05) is 30.3 Å². The van der Waals surface area contributed by atoms with E-state index in [4.69, 9.17) is 0 Å². The summed E-state index contributed by atoms with van der Waals surface area (Å²) in [6, 6.07) is 9.49. The monoisotopic (exact) mass is 353 g/mol. The fraction of sp³-hybridized carbons (Fsp3) is 0.389. The molecule has 136 valence electrons. The number of benzene rings is 1. The van der Waals surface area contributed by atoms with Crippen LogP contribution in [0.3, 0.4) is 0 Å². The first-order chi connectivity index (χ1) is 12.5.